The molecule has 2 aromatic rings. The lowest BCUT2D eigenvalue weighted by Gasteiger charge is -2.15. The molecule has 0 aliphatic heterocycles. The van der Waals surface area contributed by atoms with E-state index in [0.717, 1.165) is 12.1 Å². The Bertz CT molecular complexity index is 1010. The van der Waals surface area contributed by atoms with Gasteiger partial charge in [0, 0.05) is 6.54 Å². The number of carbonyl (C=O) groups is 1. The van der Waals surface area contributed by atoms with Gasteiger partial charge in [-0.3, -0.25) is 4.79 Å². The summed E-state index contributed by atoms with van der Waals surface area (Å²) < 4.78 is 71.4. The molecule has 10 heteroatoms. The van der Waals surface area contributed by atoms with Gasteiger partial charge >= 0.3 is 6.18 Å². The van der Waals surface area contributed by atoms with Gasteiger partial charge < -0.3 is 10.1 Å². The van der Waals surface area contributed by atoms with Crippen LogP contribution >= 0.6 is 0 Å². The maximum Gasteiger partial charge on any atom is 0.418 e. The van der Waals surface area contributed by atoms with Crippen molar-refractivity contribution in [3.05, 3.63) is 53.6 Å². The number of hydrogen-bond acceptors (Lipinski definition) is 4. The van der Waals surface area contributed by atoms with Gasteiger partial charge in [0.1, 0.15) is 5.75 Å². The Morgan fingerprint density at radius 3 is 2.40 bits per heavy atom. The summed E-state index contributed by atoms with van der Waals surface area (Å²) in [5.41, 5.74) is -0.864. The number of para-hydroxylation sites is 1. The molecule has 0 heterocycles. The number of aryl methyl sites for hydroxylation is 1. The number of benzene rings is 2. The number of nitrogens with one attached hydrogen (secondary N) is 2. The molecular formula is C20H23F3N2O4S. The number of sulfonamides is 1. The van der Waals surface area contributed by atoms with Crippen LogP contribution in [0.5, 0.6) is 5.75 Å². The van der Waals surface area contributed by atoms with Gasteiger partial charge in [-0.1, -0.05) is 26.0 Å². The third-order valence-corrected chi connectivity index (χ3v) is 5.42. The quantitative estimate of drug-likeness (QED) is 0.645. The van der Waals surface area contributed by atoms with Gasteiger partial charge in [-0.2, -0.15) is 13.2 Å². The van der Waals surface area contributed by atoms with Gasteiger partial charge in [0.2, 0.25) is 10.0 Å². The van der Waals surface area contributed by atoms with Crippen LogP contribution in [0.3, 0.4) is 0 Å². The van der Waals surface area contributed by atoms with E-state index in [9.17, 15) is 26.4 Å². The number of amides is 1. The van der Waals surface area contributed by atoms with E-state index >= 15 is 0 Å². The number of rotatable bonds is 8. The highest BCUT2D eigenvalue weighted by Crippen LogP contribution is 2.34. The molecule has 1 amide bonds. The van der Waals surface area contributed by atoms with E-state index < -0.39 is 34.3 Å². The Kier molecular flexibility index (Phi) is 7.49. The van der Waals surface area contributed by atoms with Crippen molar-refractivity contribution in [2.45, 2.75) is 31.8 Å². The highest BCUT2D eigenvalue weighted by atomic mass is 32.2. The average Bonchev–Trinajstić information content (AvgIpc) is 2.65. The highest BCUT2D eigenvalue weighted by Gasteiger charge is 2.33. The van der Waals surface area contributed by atoms with E-state index in [2.05, 4.69) is 10.0 Å². The summed E-state index contributed by atoms with van der Waals surface area (Å²) >= 11 is 0. The van der Waals surface area contributed by atoms with Gasteiger partial charge in [-0.25, -0.2) is 13.1 Å². The Morgan fingerprint density at radius 1 is 1.13 bits per heavy atom. The van der Waals surface area contributed by atoms with Gasteiger partial charge in [0.25, 0.3) is 5.91 Å². The minimum Gasteiger partial charge on any atom is -0.483 e. The first-order chi connectivity index (χ1) is 13.9. The van der Waals surface area contributed by atoms with Gasteiger partial charge in [0.05, 0.1) is 16.1 Å². The van der Waals surface area contributed by atoms with Crippen LogP contribution in [0.15, 0.2) is 47.4 Å². The summed E-state index contributed by atoms with van der Waals surface area (Å²) in [6, 6.07) is 8.75. The molecule has 30 heavy (non-hydrogen) atoms. The Morgan fingerprint density at radius 2 is 1.80 bits per heavy atom. The van der Waals surface area contributed by atoms with E-state index in [1.165, 1.54) is 30.3 Å². The normalized spacial score (nSPS) is 12.1. The molecule has 0 aromatic heterocycles. The SMILES string of the molecule is Cc1cc(S(=O)(=O)NCC(C)C)ccc1OCC(=O)Nc1ccccc1C(F)(F)F. The van der Waals surface area contributed by atoms with Crippen LogP contribution in [0.4, 0.5) is 18.9 Å². The number of anilines is 1. The summed E-state index contributed by atoms with van der Waals surface area (Å²) in [5.74, 6) is -0.386. The Labute approximate surface area is 173 Å². The van der Waals surface area contributed by atoms with Crippen molar-refractivity contribution in [2.75, 3.05) is 18.5 Å². The first-order valence-electron chi connectivity index (χ1n) is 9.09. The molecule has 6 nitrogen and oxygen atoms in total. The molecule has 0 radical (unpaired) electrons. The smallest absolute Gasteiger partial charge is 0.418 e. The molecule has 0 aliphatic rings. The monoisotopic (exact) mass is 444 g/mol. The summed E-state index contributed by atoms with van der Waals surface area (Å²) in [4.78, 5) is 12.1. The van der Waals surface area contributed by atoms with Crippen molar-refractivity contribution in [1.82, 2.24) is 4.72 Å². The Balaban J connectivity index is 2.04. The standard InChI is InChI=1S/C20H23F3N2O4S/c1-13(2)11-24-30(27,28)15-8-9-18(14(3)10-15)29-12-19(26)25-17-7-5-4-6-16(17)20(21,22)23/h4-10,13,24H,11-12H2,1-3H3,(H,25,26). The van der Waals surface area contributed by atoms with Crippen molar-refractivity contribution in [3.63, 3.8) is 0 Å². The lowest BCUT2D eigenvalue weighted by Crippen LogP contribution is -2.27. The minimum atomic E-state index is -4.60. The van der Waals surface area contributed by atoms with Gasteiger partial charge in [0.15, 0.2) is 6.61 Å². The maximum absolute atomic E-state index is 13.0. The molecule has 0 spiro atoms. The number of halogens is 3. The van der Waals surface area contributed by atoms with Gasteiger partial charge in [-0.05, 0) is 48.7 Å². The zero-order valence-corrected chi connectivity index (χ0v) is 17.5. The molecule has 164 valence electrons. The molecular weight excluding hydrogens is 421 g/mol. The zero-order valence-electron chi connectivity index (χ0n) is 16.7. The average molecular weight is 444 g/mol. The molecule has 0 aliphatic carbocycles. The summed E-state index contributed by atoms with van der Waals surface area (Å²) in [7, 11) is -3.68. The fourth-order valence-corrected chi connectivity index (χ4v) is 3.78. The van der Waals surface area contributed by atoms with Crippen molar-refractivity contribution in [1.29, 1.82) is 0 Å². The number of ether oxygens (including phenoxy) is 1. The molecule has 2 aromatic carbocycles. The van der Waals surface area contributed by atoms with Gasteiger partial charge in [-0.15, -0.1) is 0 Å². The third kappa shape index (κ3) is 6.46. The lowest BCUT2D eigenvalue weighted by atomic mass is 10.1. The largest absolute Gasteiger partial charge is 0.483 e. The summed E-state index contributed by atoms with van der Waals surface area (Å²) in [6.07, 6.45) is -4.60. The van der Waals surface area contributed by atoms with E-state index in [1.807, 2.05) is 13.8 Å². The number of alkyl halides is 3. The second-order valence-corrected chi connectivity index (χ2v) is 8.82. The van der Waals surface area contributed by atoms with Crippen molar-refractivity contribution < 1.29 is 31.1 Å². The van der Waals surface area contributed by atoms with Crippen molar-refractivity contribution >= 4 is 21.6 Å². The topological polar surface area (TPSA) is 84.5 Å². The van der Waals surface area contributed by atoms with Crippen molar-refractivity contribution in [3.8, 4) is 5.75 Å². The summed E-state index contributed by atoms with van der Waals surface area (Å²) in [6.45, 7) is 5.11. The van der Waals surface area contributed by atoms with Crippen LogP contribution in [-0.2, 0) is 21.0 Å². The molecule has 0 fully saturated rings. The van der Waals surface area contributed by atoms with Crippen LogP contribution in [0.2, 0.25) is 0 Å². The van der Waals surface area contributed by atoms with Crippen LogP contribution in [0, 0.1) is 12.8 Å². The molecule has 0 unspecified atom stereocenters. The van der Waals surface area contributed by atoms with Crippen LogP contribution in [0.1, 0.15) is 25.0 Å². The molecule has 0 atom stereocenters. The third-order valence-electron chi connectivity index (χ3n) is 4.00. The predicted octanol–water partition coefficient (Wildman–Crippen LogP) is 3.97. The predicted molar refractivity (Wildman–Crippen MR) is 107 cm³/mol. The molecule has 0 saturated heterocycles. The van der Waals surface area contributed by atoms with Crippen molar-refractivity contribution in [2.24, 2.45) is 5.92 Å². The van der Waals surface area contributed by atoms with E-state index in [4.69, 9.17) is 4.74 Å². The van der Waals surface area contributed by atoms with E-state index in [1.54, 1.807) is 6.92 Å². The van der Waals surface area contributed by atoms with Crippen LogP contribution in [0.25, 0.3) is 0 Å². The highest BCUT2D eigenvalue weighted by molar-refractivity contribution is 7.89. The fraction of sp³-hybridized carbons (Fsp3) is 0.350. The maximum atomic E-state index is 13.0. The molecule has 2 N–H and O–H groups in total. The van der Waals surface area contributed by atoms with Crippen LogP contribution < -0.4 is 14.8 Å². The van der Waals surface area contributed by atoms with E-state index in [-0.39, 0.29) is 22.3 Å². The molecule has 2 rings (SSSR count). The number of hydrogen-bond donors (Lipinski definition) is 2. The van der Waals surface area contributed by atoms with E-state index in [0.29, 0.717) is 12.1 Å². The minimum absolute atomic E-state index is 0.0524. The second-order valence-electron chi connectivity index (χ2n) is 7.05. The lowest BCUT2D eigenvalue weighted by molar-refractivity contribution is -0.137. The molecule has 0 bridgehead atoms. The first-order valence-corrected chi connectivity index (χ1v) is 10.6. The molecule has 0 saturated carbocycles. The summed E-state index contributed by atoms with van der Waals surface area (Å²) in [5, 5.41) is 2.18. The fourth-order valence-electron chi connectivity index (χ4n) is 2.48. The number of carbonyl (C=O) groups excluding carboxylic acids is 1. The zero-order chi connectivity index (χ0) is 22.5. The van der Waals surface area contributed by atoms with Crippen LogP contribution in [-0.4, -0.2) is 27.5 Å². The second kappa shape index (κ2) is 9.48. The Hall–Kier alpha value is -2.59. The first kappa shape index (κ1) is 23.7.